The van der Waals surface area contributed by atoms with Crippen LogP contribution in [0.4, 0.5) is 10.1 Å². The van der Waals surface area contributed by atoms with E-state index < -0.39 is 5.82 Å². The van der Waals surface area contributed by atoms with Crippen molar-refractivity contribution >= 4 is 17.8 Å². The second-order valence-corrected chi connectivity index (χ2v) is 8.93. The van der Waals surface area contributed by atoms with E-state index in [1.807, 2.05) is 11.1 Å². The number of carbonyl (C=O) groups excluding carboxylic acids is 1. The third-order valence-corrected chi connectivity index (χ3v) is 6.46. The van der Waals surface area contributed by atoms with Crippen LogP contribution in [0.15, 0.2) is 59.6 Å². The number of benzene rings is 3. The SMILES string of the molecule is COc1ccc(Oc2cc(OCCCOc3cc4c(cc3OC)C(=O)N3CCC[C@H]3C=N4)ccc2F)cc1. The molecule has 0 unspecified atom stereocenters. The van der Waals surface area contributed by atoms with Crippen molar-refractivity contribution in [2.45, 2.75) is 25.3 Å². The Kier molecular flexibility index (Phi) is 7.62. The minimum absolute atomic E-state index is 0.0344. The summed E-state index contributed by atoms with van der Waals surface area (Å²) in [7, 11) is 3.12. The van der Waals surface area contributed by atoms with E-state index in [-0.39, 0.29) is 17.7 Å². The lowest BCUT2D eigenvalue weighted by Crippen LogP contribution is -2.35. The van der Waals surface area contributed by atoms with Crippen molar-refractivity contribution in [3.8, 4) is 34.5 Å². The molecule has 0 aliphatic carbocycles. The van der Waals surface area contributed by atoms with Crippen molar-refractivity contribution in [3.05, 3.63) is 66.0 Å². The predicted molar refractivity (Wildman–Crippen MR) is 140 cm³/mol. The van der Waals surface area contributed by atoms with Crippen LogP contribution in [0, 0.1) is 5.82 Å². The van der Waals surface area contributed by atoms with Crippen molar-refractivity contribution in [2.24, 2.45) is 4.99 Å². The number of hydrogen-bond acceptors (Lipinski definition) is 7. The molecule has 0 spiro atoms. The smallest absolute Gasteiger partial charge is 0.256 e. The maximum Gasteiger partial charge on any atom is 0.256 e. The molecule has 1 saturated heterocycles. The number of aliphatic imine (C=N–C) groups is 1. The number of amides is 1. The summed E-state index contributed by atoms with van der Waals surface area (Å²) in [5, 5.41) is 0. The molecule has 5 rings (SSSR count). The molecule has 2 aliphatic rings. The highest BCUT2D eigenvalue weighted by Gasteiger charge is 2.32. The molecule has 1 atom stereocenters. The minimum atomic E-state index is -0.492. The van der Waals surface area contributed by atoms with Gasteiger partial charge in [-0.1, -0.05) is 0 Å². The van der Waals surface area contributed by atoms with Gasteiger partial charge in [-0.05, 0) is 55.3 Å². The second-order valence-electron chi connectivity index (χ2n) is 8.93. The van der Waals surface area contributed by atoms with E-state index in [0.717, 1.165) is 19.4 Å². The van der Waals surface area contributed by atoms with Crippen molar-refractivity contribution in [2.75, 3.05) is 34.0 Å². The molecule has 2 aliphatic heterocycles. The molecule has 0 N–H and O–H groups in total. The Balaban J connectivity index is 1.17. The number of hydrogen-bond donors (Lipinski definition) is 0. The van der Waals surface area contributed by atoms with Gasteiger partial charge in [0.05, 0.1) is 44.7 Å². The summed E-state index contributed by atoms with van der Waals surface area (Å²) in [5.41, 5.74) is 1.09. The summed E-state index contributed by atoms with van der Waals surface area (Å²) in [6.07, 6.45) is 4.31. The van der Waals surface area contributed by atoms with E-state index in [2.05, 4.69) is 4.99 Å². The quantitative estimate of drug-likeness (QED) is 0.314. The molecule has 2 heterocycles. The van der Waals surface area contributed by atoms with Gasteiger partial charge in [-0.3, -0.25) is 9.79 Å². The molecule has 9 heteroatoms. The molecular weight excluding hydrogens is 491 g/mol. The number of methoxy groups -OCH3 is 2. The molecule has 1 fully saturated rings. The van der Waals surface area contributed by atoms with E-state index in [0.29, 0.717) is 59.6 Å². The van der Waals surface area contributed by atoms with Gasteiger partial charge in [0, 0.05) is 31.3 Å². The molecule has 198 valence electrons. The zero-order chi connectivity index (χ0) is 26.5. The molecule has 0 saturated carbocycles. The van der Waals surface area contributed by atoms with E-state index in [4.69, 9.17) is 23.7 Å². The van der Waals surface area contributed by atoms with E-state index in [1.165, 1.54) is 12.1 Å². The molecule has 0 aromatic heterocycles. The fraction of sp³-hybridized carbons (Fsp3) is 0.310. The van der Waals surface area contributed by atoms with E-state index >= 15 is 0 Å². The average Bonchev–Trinajstić information content (AvgIpc) is 3.37. The monoisotopic (exact) mass is 520 g/mol. The Labute approximate surface area is 220 Å². The number of rotatable bonds is 10. The number of nitrogens with zero attached hydrogens (tertiary/aromatic N) is 2. The predicted octanol–water partition coefficient (Wildman–Crippen LogP) is 5.80. The third-order valence-electron chi connectivity index (χ3n) is 6.46. The van der Waals surface area contributed by atoms with Crippen LogP contribution in [0.2, 0.25) is 0 Å². The summed E-state index contributed by atoms with van der Waals surface area (Å²) in [5.74, 6) is 2.17. The molecule has 3 aromatic rings. The van der Waals surface area contributed by atoms with Gasteiger partial charge >= 0.3 is 0 Å². The lowest BCUT2D eigenvalue weighted by molar-refractivity contribution is 0.0774. The zero-order valence-corrected chi connectivity index (χ0v) is 21.3. The van der Waals surface area contributed by atoms with Crippen molar-refractivity contribution in [1.29, 1.82) is 0 Å². The first-order valence-corrected chi connectivity index (χ1v) is 12.5. The van der Waals surface area contributed by atoms with Gasteiger partial charge in [-0.2, -0.15) is 0 Å². The van der Waals surface area contributed by atoms with E-state index in [9.17, 15) is 9.18 Å². The van der Waals surface area contributed by atoms with Crippen LogP contribution in [-0.4, -0.2) is 57.0 Å². The normalized spacial score (nSPS) is 15.9. The van der Waals surface area contributed by atoms with Crippen LogP contribution in [0.1, 0.15) is 29.6 Å². The van der Waals surface area contributed by atoms with Gasteiger partial charge in [0.1, 0.15) is 17.2 Å². The Morgan fingerprint density at radius 3 is 2.45 bits per heavy atom. The highest BCUT2D eigenvalue weighted by molar-refractivity contribution is 6.03. The van der Waals surface area contributed by atoms with Crippen molar-refractivity contribution in [3.63, 3.8) is 0 Å². The number of carbonyl (C=O) groups is 1. The van der Waals surface area contributed by atoms with Crippen molar-refractivity contribution in [1.82, 2.24) is 4.90 Å². The van der Waals surface area contributed by atoms with Gasteiger partial charge in [0.2, 0.25) is 0 Å². The summed E-state index contributed by atoms with van der Waals surface area (Å²) >= 11 is 0. The van der Waals surface area contributed by atoms with Crippen LogP contribution in [0.25, 0.3) is 0 Å². The van der Waals surface area contributed by atoms with Crippen LogP contribution < -0.4 is 23.7 Å². The third kappa shape index (κ3) is 5.51. The van der Waals surface area contributed by atoms with E-state index in [1.54, 1.807) is 56.7 Å². The standard InChI is InChI=1S/C29H29FN2O6/c1-34-20-6-8-21(9-7-20)38-26-15-22(10-11-24(26)30)36-13-4-14-37-28-17-25-23(16-27(28)35-2)29(33)32-12-3-5-19(32)18-31-25/h6-11,15-19H,3-5,12-14H2,1-2H3/t19-/m0/s1. The average molecular weight is 521 g/mol. The van der Waals surface area contributed by atoms with Gasteiger partial charge in [-0.25, -0.2) is 4.39 Å². The molecule has 0 radical (unpaired) electrons. The Morgan fingerprint density at radius 2 is 1.66 bits per heavy atom. The fourth-order valence-corrected chi connectivity index (χ4v) is 4.47. The largest absolute Gasteiger partial charge is 0.497 e. The fourth-order valence-electron chi connectivity index (χ4n) is 4.47. The molecule has 38 heavy (non-hydrogen) atoms. The highest BCUT2D eigenvalue weighted by Crippen LogP contribution is 2.38. The van der Waals surface area contributed by atoms with Gasteiger partial charge in [0.15, 0.2) is 23.1 Å². The summed E-state index contributed by atoms with van der Waals surface area (Å²) in [6.45, 7) is 1.42. The first-order chi connectivity index (χ1) is 18.6. The molecule has 8 nitrogen and oxygen atoms in total. The Bertz CT molecular complexity index is 1330. The summed E-state index contributed by atoms with van der Waals surface area (Å²) < 4.78 is 42.3. The second kappa shape index (κ2) is 11.4. The molecule has 1 amide bonds. The topological polar surface area (TPSA) is 78.8 Å². The first-order valence-electron chi connectivity index (χ1n) is 12.5. The van der Waals surface area contributed by atoms with Crippen LogP contribution in [0.3, 0.4) is 0 Å². The number of fused-ring (bicyclic) bond motifs is 2. The van der Waals surface area contributed by atoms with Crippen molar-refractivity contribution < 1.29 is 32.9 Å². The number of ether oxygens (including phenoxy) is 5. The summed E-state index contributed by atoms with van der Waals surface area (Å²) in [4.78, 5) is 19.4. The van der Waals surface area contributed by atoms with Gasteiger partial charge < -0.3 is 28.6 Å². The lowest BCUT2D eigenvalue weighted by atomic mass is 10.1. The summed E-state index contributed by atoms with van der Waals surface area (Å²) in [6, 6.07) is 14.7. The van der Waals surface area contributed by atoms with Crippen LogP contribution >= 0.6 is 0 Å². The Hall–Kier alpha value is -4.27. The van der Waals surface area contributed by atoms with Crippen LogP contribution in [0.5, 0.6) is 34.5 Å². The highest BCUT2D eigenvalue weighted by atomic mass is 19.1. The zero-order valence-electron chi connectivity index (χ0n) is 21.3. The maximum atomic E-state index is 14.3. The minimum Gasteiger partial charge on any atom is -0.497 e. The lowest BCUT2D eigenvalue weighted by Gasteiger charge is -2.20. The molecule has 3 aromatic carbocycles. The van der Waals surface area contributed by atoms with Crippen LogP contribution in [-0.2, 0) is 0 Å². The molecule has 0 bridgehead atoms. The number of halogens is 1. The first kappa shape index (κ1) is 25.4. The molecular formula is C29H29FN2O6. The van der Waals surface area contributed by atoms with Gasteiger partial charge in [0.25, 0.3) is 5.91 Å². The van der Waals surface area contributed by atoms with Gasteiger partial charge in [-0.15, -0.1) is 0 Å². The Morgan fingerprint density at radius 1 is 0.895 bits per heavy atom. The maximum absolute atomic E-state index is 14.3.